The number of anilines is 1. The van der Waals surface area contributed by atoms with Crippen molar-refractivity contribution in [2.24, 2.45) is 0 Å². The molecule has 1 heterocycles. The molecule has 0 unspecified atom stereocenters. The van der Waals surface area contributed by atoms with E-state index in [0.717, 1.165) is 18.6 Å². The Morgan fingerprint density at radius 2 is 2.00 bits per heavy atom. The van der Waals surface area contributed by atoms with Crippen LogP contribution in [0.3, 0.4) is 0 Å². The van der Waals surface area contributed by atoms with Crippen LogP contribution in [0.1, 0.15) is 47.7 Å². The van der Waals surface area contributed by atoms with Gasteiger partial charge in [-0.05, 0) is 57.0 Å². The fourth-order valence-corrected chi connectivity index (χ4v) is 2.59. The summed E-state index contributed by atoms with van der Waals surface area (Å²) in [6.07, 6.45) is 1.99. The van der Waals surface area contributed by atoms with Gasteiger partial charge in [0.05, 0.1) is 16.6 Å². The summed E-state index contributed by atoms with van der Waals surface area (Å²) in [7, 11) is 0. The third-order valence-corrected chi connectivity index (χ3v) is 4.25. The van der Waals surface area contributed by atoms with Crippen LogP contribution in [0.5, 0.6) is 0 Å². The average molecular weight is 362 g/mol. The molecule has 132 valence electrons. The maximum absolute atomic E-state index is 12.2. The molecule has 1 aliphatic carbocycles. The van der Waals surface area contributed by atoms with Crippen LogP contribution in [0, 0.1) is 6.92 Å². The Labute approximate surface area is 150 Å². The molecule has 0 bridgehead atoms. The van der Waals surface area contributed by atoms with E-state index in [1.54, 1.807) is 18.2 Å². The molecule has 3 amide bonds. The monoisotopic (exact) mass is 361 g/mol. The van der Waals surface area contributed by atoms with Crippen molar-refractivity contribution in [3.63, 3.8) is 0 Å². The van der Waals surface area contributed by atoms with E-state index in [0.29, 0.717) is 22.0 Å². The largest absolute Gasteiger partial charge is 0.464 e. The first kappa shape index (κ1) is 17.4. The molecule has 1 saturated carbocycles. The number of nitrogens with one attached hydrogen (secondary N) is 3. The summed E-state index contributed by atoms with van der Waals surface area (Å²) < 4.78 is 5.49. The van der Waals surface area contributed by atoms with Gasteiger partial charge in [0.2, 0.25) is 0 Å². The number of carbonyl (C=O) groups excluding carboxylic acids is 2. The highest BCUT2D eigenvalue weighted by atomic mass is 35.5. The Balaban J connectivity index is 1.63. The maximum Gasteiger partial charge on any atom is 0.319 e. The quantitative estimate of drug-likeness (QED) is 0.752. The van der Waals surface area contributed by atoms with E-state index in [4.69, 9.17) is 16.0 Å². The topological polar surface area (TPSA) is 83.4 Å². The summed E-state index contributed by atoms with van der Waals surface area (Å²) in [5, 5.41) is 8.73. The lowest BCUT2D eigenvalue weighted by atomic mass is 10.2. The van der Waals surface area contributed by atoms with E-state index >= 15 is 0 Å². The number of hydrogen-bond acceptors (Lipinski definition) is 3. The van der Waals surface area contributed by atoms with Gasteiger partial charge in [-0.25, -0.2) is 4.79 Å². The summed E-state index contributed by atoms with van der Waals surface area (Å²) in [4.78, 5) is 24.3. The van der Waals surface area contributed by atoms with Gasteiger partial charge in [0.1, 0.15) is 11.5 Å². The van der Waals surface area contributed by atoms with Crippen molar-refractivity contribution < 1.29 is 14.0 Å². The Bertz CT molecular complexity index is 799. The molecule has 1 aromatic heterocycles. The maximum atomic E-state index is 12.2. The van der Waals surface area contributed by atoms with Crippen molar-refractivity contribution in [1.29, 1.82) is 0 Å². The normalized spacial score (nSPS) is 14.7. The Morgan fingerprint density at radius 3 is 2.64 bits per heavy atom. The smallest absolute Gasteiger partial charge is 0.319 e. The number of amides is 3. The minimum atomic E-state index is -0.391. The van der Waals surface area contributed by atoms with E-state index < -0.39 is 6.03 Å². The molecule has 0 radical (unpaired) electrons. The lowest BCUT2D eigenvalue weighted by Gasteiger charge is -2.13. The lowest BCUT2D eigenvalue weighted by molar-refractivity contribution is 0.0951. The molecule has 3 N–H and O–H groups in total. The van der Waals surface area contributed by atoms with E-state index in [9.17, 15) is 9.59 Å². The number of halogens is 1. The van der Waals surface area contributed by atoms with Crippen molar-refractivity contribution in [1.82, 2.24) is 10.6 Å². The number of aryl methyl sites for hydroxylation is 1. The van der Waals surface area contributed by atoms with E-state index in [-0.39, 0.29) is 18.0 Å². The summed E-state index contributed by atoms with van der Waals surface area (Å²) in [5.74, 6) is 1.23. The summed E-state index contributed by atoms with van der Waals surface area (Å²) in [6.45, 7) is 3.67. The SMILES string of the molecule is Cc1ccc([C@@H](C)NC(=O)Nc2ccc(Cl)c(C(=O)NC3CC3)c2)o1. The standard InChI is InChI=1S/C18H20ClN3O3/c1-10-3-8-16(25-10)11(2)20-18(24)22-13-6-7-15(19)14(9-13)17(23)21-12-4-5-12/h3,6-9,11-12H,4-5H2,1-2H3,(H,21,23)(H2,20,22,24)/t11-/m1/s1. The van der Waals surface area contributed by atoms with Crippen molar-refractivity contribution in [2.75, 3.05) is 5.32 Å². The van der Waals surface area contributed by atoms with Gasteiger partial charge in [-0.15, -0.1) is 0 Å². The number of rotatable bonds is 5. The molecule has 0 saturated heterocycles. The van der Waals surface area contributed by atoms with Crippen molar-refractivity contribution in [3.05, 3.63) is 52.4 Å². The predicted molar refractivity (Wildman–Crippen MR) is 96.0 cm³/mol. The minimum absolute atomic E-state index is 0.226. The van der Waals surface area contributed by atoms with Crippen LogP contribution in [-0.4, -0.2) is 18.0 Å². The summed E-state index contributed by atoms with van der Waals surface area (Å²) in [5.41, 5.74) is 0.840. The van der Waals surface area contributed by atoms with Gasteiger partial charge in [0, 0.05) is 11.7 Å². The highest BCUT2D eigenvalue weighted by molar-refractivity contribution is 6.34. The van der Waals surface area contributed by atoms with Gasteiger partial charge >= 0.3 is 6.03 Å². The van der Waals surface area contributed by atoms with Crippen LogP contribution in [-0.2, 0) is 0 Å². The van der Waals surface area contributed by atoms with E-state index in [2.05, 4.69) is 16.0 Å². The Morgan fingerprint density at radius 1 is 1.24 bits per heavy atom. The predicted octanol–water partition coefficient (Wildman–Crippen LogP) is 4.02. The van der Waals surface area contributed by atoms with Gasteiger partial charge in [0.25, 0.3) is 5.91 Å². The zero-order valence-corrected chi connectivity index (χ0v) is 14.8. The summed E-state index contributed by atoms with van der Waals surface area (Å²) in [6, 6.07) is 8.05. The number of hydrogen-bond donors (Lipinski definition) is 3. The van der Waals surface area contributed by atoms with Gasteiger partial charge in [0.15, 0.2) is 0 Å². The second-order valence-corrected chi connectivity index (χ2v) is 6.62. The first-order valence-corrected chi connectivity index (χ1v) is 8.54. The molecule has 3 rings (SSSR count). The fraction of sp³-hybridized carbons (Fsp3) is 0.333. The molecule has 25 heavy (non-hydrogen) atoms. The second kappa shape index (κ2) is 7.19. The van der Waals surface area contributed by atoms with Crippen LogP contribution < -0.4 is 16.0 Å². The molecule has 1 aromatic carbocycles. The van der Waals surface area contributed by atoms with Gasteiger partial charge in [-0.2, -0.15) is 0 Å². The van der Waals surface area contributed by atoms with Gasteiger partial charge in [-0.3, -0.25) is 4.79 Å². The van der Waals surface area contributed by atoms with Crippen molar-refractivity contribution in [2.45, 2.75) is 38.8 Å². The summed E-state index contributed by atoms with van der Waals surface area (Å²) >= 11 is 6.10. The highest BCUT2D eigenvalue weighted by Gasteiger charge is 2.25. The Kier molecular flexibility index (Phi) is 4.99. The fourth-order valence-electron chi connectivity index (χ4n) is 2.39. The third-order valence-electron chi connectivity index (χ3n) is 3.92. The van der Waals surface area contributed by atoms with Gasteiger partial charge in [-0.1, -0.05) is 11.6 Å². The minimum Gasteiger partial charge on any atom is -0.464 e. The molecule has 0 spiro atoms. The molecule has 2 aromatic rings. The van der Waals surface area contributed by atoms with Crippen LogP contribution in [0.15, 0.2) is 34.7 Å². The first-order valence-electron chi connectivity index (χ1n) is 8.16. The zero-order valence-electron chi connectivity index (χ0n) is 14.1. The van der Waals surface area contributed by atoms with Crippen LogP contribution in [0.2, 0.25) is 5.02 Å². The number of furan rings is 1. The molecule has 7 heteroatoms. The average Bonchev–Trinajstić information content (AvgIpc) is 3.26. The third kappa shape index (κ3) is 4.54. The molecular weight excluding hydrogens is 342 g/mol. The van der Waals surface area contributed by atoms with Crippen LogP contribution in [0.4, 0.5) is 10.5 Å². The van der Waals surface area contributed by atoms with Crippen LogP contribution >= 0.6 is 11.6 Å². The highest BCUT2D eigenvalue weighted by Crippen LogP contribution is 2.24. The molecule has 0 aliphatic heterocycles. The number of urea groups is 1. The first-order chi connectivity index (χ1) is 11.9. The van der Waals surface area contributed by atoms with Crippen molar-refractivity contribution >= 4 is 29.2 Å². The second-order valence-electron chi connectivity index (χ2n) is 6.21. The van der Waals surface area contributed by atoms with Gasteiger partial charge < -0.3 is 20.4 Å². The lowest BCUT2D eigenvalue weighted by Crippen LogP contribution is -2.31. The Hall–Kier alpha value is -2.47. The van der Waals surface area contributed by atoms with Crippen molar-refractivity contribution in [3.8, 4) is 0 Å². The molecule has 1 atom stereocenters. The molecule has 6 nitrogen and oxygen atoms in total. The molecule has 1 fully saturated rings. The molecular formula is C18H20ClN3O3. The number of carbonyl (C=O) groups is 2. The van der Waals surface area contributed by atoms with E-state index in [1.807, 2.05) is 26.0 Å². The molecule has 1 aliphatic rings. The number of benzene rings is 1. The zero-order chi connectivity index (χ0) is 18.0. The van der Waals surface area contributed by atoms with E-state index in [1.165, 1.54) is 0 Å². The van der Waals surface area contributed by atoms with Crippen LogP contribution in [0.25, 0.3) is 0 Å².